The molecule has 0 aliphatic heterocycles. The Labute approximate surface area is 84.5 Å². The number of rotatable bonds is 1. The van der Waals surface area contributed by atoms with Crippen molar-refractivity contribution in [3.63, 3.8) is 0 Å². The molecule has 2 rings (SSSR count). The number of hydrogen-bond acceptors (Lipinski definition) is 0. The predicted octanol–water partition coefficient (Wildman–Crippen LogP) is 3.51. The quantitative estimate of drug-likeness (QED) is 0.689. The van der Waals surface area contributed by atoms with Crippen LogP contribution in [0.3, 0.4) is 0 Å². The molecule has 0 saturated carbocycles. The molecule has 1 aromatic carbocycles. The van der Waals surface area contributed by atoms with Crippen LogP contribution in [0, 0.1) is 3.93 Å². The Kier molecular flexibility index (Phi) is 2.26. The first kappa shape index (κ1) is 9.32. The van der Waals surface area contributed by atoms with Crippen LogP contribution < -0.4 is 0 Å². The second-order valence-corrected chi connectivity index (χ2v) is 19.0. The summed E-state index contributed by atoms with van der Waals surface area (Å²) in [5, 5.41) is 0. The molecule has 0 bridgehead atoms. The molecular weight excluding hydrogens is 263 g/mol. The van der Waals surface area contributed by atoms with Gasteiger partial charge in [-0.05, 0) is 0 Å². The standard InChI is InChI=1S/C9H6.3CH3.Sn/c1-2-5-9-7-3-6-8(9)4-1;;;;/h1-6H;3*1H3;. The molecule has 1 radical (unpaired) electrons. The normalized spacial score (nSPS) is 16.2. The Balaban J connectivity index is 2.45. The molecular formula is C12H15Sn. The van der Waals surface area contributed by atoms with Crippen molar-refractivity contribution in [1.29, 1.82) is 0 Å². The average Bonchev–Trinajstić information content (AvgIpc) is 2.45. The van der Waals surface area contributed by atoms with Crippen molar-refractivity contribution < 1.29 is 0 Å². The molecule has 0 amide bonds. The fourth-order valence-corrected chi connectivity index (χ4v) is 6.43. The molecule has 0 fully saturated rings. The number of fused-ring (bicyclic) bond motifs is 1. The molecule has 0 heterocycles. The zero-order valence-electron chi connectivity index (χ0n) is 8.46. The second kappa shape index (κ2) is 3.16. The van der Waals surface area contributed by atoms with E-state index >= 15 is 0 Å². The van der Waals surface area contributed by atoms with Crippen LogP contribution in [0.25, 0.3) is 6.08 Å². The molecule has 0 spiro atoms. The van der Waals surface area contributed by atoms with Gasteiger partial charge in [0, 0.05) is 0 Å². The van der Waals surface area contributed by atoms with Gasteiger partial charge in [-0.25, -0.2) is 0 Å². The van der Waals surface area contributed by atoms with Crippen LogP contribution in [-0.4, -0.2) is 18.4 Å². The summed E-state index contributed by atoms with van der Waals surface area (Å²) in [6.45, 7) is 0. The number of allylic oxidation sites excluding steroid dienone is 1. The summed E-state index contributed by atoms with van der Waals surface area (Å²) < 4.78 is 1.66. The van der Waals surface area contributed by atoms with Crippen LogP contribution in [0.15, 0.2) is 30.3 Å². The minimum atomic E-state index is -1.86. The minimum absolute atomic E-state index is 1.41. The van der Waals surface area contributed by atoms with Crippen molar-refractivity contribution in [2.75, 3.05) is 0 Å². The Morgan fingerprint density at radius 1 is 0.923 bits per heavy atom. The SMILES string of the molecule is [CH3][Sn]([CH3])([CH3])[C]1C=Cc2ccccc21. The summed E-state index contributed by atoms with van der Waals surface area (Å²) in [6.07, 6.45) is 4.59. The Morgan fingerprint density at radius 2 is 1.62 bits per heavy atom. The molecule has 1 aromatic rings. The van der Waals surface area contributed by atoms with Crippen LogP contribution in [0.1, 0.15) is 11.1 Å². The van der Waals surface area contributed by atoms with E-state index in [1.807, 2.05) is 0 Å². The van der Waals surface area contributed by atoms with Gasteiger partial charge in [0.2, 0.25) is 0 Å². The van der Waals surface area contributed by atoms with Gasteiger partial charge in [-0.1, -0.05) is 0 Å². The van der Waals surface area contributed by atoms with Crippen molar-refractivity contribution in [1.82, 2.24) is 0 Å². The van der Waals surface area contributed by atoms with Gasteiger partial charge in [0.25, 0.3) is 0 Å². The second-order valence-electron chi connectivity index (χ2n) is 4.58. The molecule has 67 valence electrons. The van der Waals surface area contributed by atoms with E-state index in [4.69, 9.17) is 0 Å². The van der Waals surface area contributed by atoms with Crippen molar-refractivity contribution in [3.8, 4) is 0 Å². The van der Waals surface area contributed by atoms with Gasteiger partial charge >= 0.3 is 84.7 Å². The molecule has 0 aromatic heterocycles. The van der Waals surface area contributed by atoms with Gasteiger partial charge in [0.1, 0.15) is 0 Å². The van der Waals surface area contributed by atoms with E-state index in [0.29, 0.717) is 0 Å². The number of hydrogen-bond donors (Lipinski definition) is 0. The van der Waals surface area contributed by atoms with Crippen molar-refractivity contribution >= 4 is 24.5 Å². The van der Waals surface area contributed by atoms with Crippen molar-refractivity contribution in [3.05, 3.63) is 45.4 Å². The van der Waals surface area contributed by atoms with E-state index < -0.39 is 18.4 Å². The summed E-state index contributed by atoms with van der Waals surface area (Å²) in [5.41, 5.74) is 2.90. The molecule has 1 aliphatic rings. The molecule has 0 nitrogen and oxygen atoms in total. The maximum atomic E-state index is 2.47. The third kappa shape index (κ3) is 1.69. The van der Waals surface area contributed by atoms with E-state index in [1.54, 1.807) is 3.93 Å². The van der Waals surface area contributed by atoms with E-state index in [2.05, 4.69) is 51.2 Å². The summed E-state index contributed by atoms with van der Waals surface area (Å²) in [7, 11) is 0. The topological polar surface area (TPSA) is 0 Å². The summed E-state index contributed by atoms with van der Waals surface area (Å²) in [6, 6.07) is 8.72. The van der Waals surface area contributed by atoms with Crippen LogP contribution in [0.4, 0.5) is 0 Å². The van der Waals surface area contributed by atoms with Gasteiger partial charge in [0.05, 0.1) is 0 Å². The molecule has 1 aliphatic carbocycles. The molecule has 0 unspecified atom stereocenters. The van der Waals surface area contributed by atoms with Crippen molar-refractivity contribution in [2.24, 2.45) is 0 Å². The average molecular weight is 278 g/mol. The van der Waals surface area contributed by atoms with E-state index in [1.165, 1.54) is 11.1 Å². The molecule has 0 saturated heterocycles. The molecule has 13 heavy (non-hydrogen) atoms. The first-order chi connectivity index (χ1) is 6.09. The van der Waals surface area contributed by atoms with Gasteiger partial charge in [-0.3, -0.25) is 0 Å². The third-order valence-corrected chi connectivity index (χ3v) is 8.35. The zero-order valence-corrected chi connectivity index (χ0v) is 11.3. The summed E-state index contributed by atoms with van der Waals surface area (Å²) in [5.74, 6) is 0. The van der Waals surface area contributed by atoms with Crippen molar-refractivity contribution in [2.45, 2.75) is 14.8 Å². The summed E-state index contributed by atoms with van der Waals surface area (Å²) in [4.78, 5) is 7.41. The van der Waals surface area contributed by atoms with Crippen LogP contribution in [0.5, 0.6) is 0 Å². The van der Waals surface area contributed by atoms with E-state index in [0.717, 1.165) is 0 Å². The molecule has 0 N–H and O–H groups in total. The maximum absolute atomic E-state index is 2.47. The summed E-state index contributed by atoms with van der Waals surface area (Å²) >= 11 is -1.86. The van der Waals surface area contributed by atoms with E-state index in [-0.39, 0.29) is 0 Å². The van der Waals surface area contributed by atoms with Gasteiger partial charge < -0.3 is 0 Å². The first-order valence-corrected chi connectivity index (χ1v) is 14.7. The van der Waals surface area contributed by atoms with E-state index in [9.17, 15) is 0 Å². The predicted molar refractivity (Wildman–Crippen MR) is 61.2 cm³/mol. The Hall–Kier alpha value is -0.241. The molecule has 1 heteroatoms. The first-order valence-electron chi connectivity index (χ1n) is 4.74. The van der Waals surface area contributed by atoms with Gasteiger partial charge in [-0.2, -0.15) is 0 Å². The Bertz CT molecular complexity index is 344. The van der Waals surface area contributed by atoms with Crippen LogP contribution in [0.2, 0.25) is 14.8 Å². The monoisotopic (exact) mass is 279 g/mol. The fourth-order valence-electron chi connectivity index (χ4n) is 1.80. The molecule has 0 atom stereocenters. The van der Waals surface area contributed by atoms with Gasteiger partial charge in [0.15, 0.2) is 0 Å². The van der Waals surface area contributed by atoms with Crippen LogP contribution in [-0.2, 0) is 0 Å². The zero-order chi connectivity index (χ0) is 9.47. The third-order valence-electron chi connectivity index (χ3n) is 2.49. The fraction of sp³-hybridized carbons (Fsp3) is 0.250. The number of benzene rings is 1. The van der Waals surface area contributed by atoms with Gasteiger partial charge in [-0.15, -0.1) is 0 Å². The van der Waals surface area contributed by atoms with Crippen LogP contribution >= 0.6 is 0 Å². The Morgan fingerprint density at radius 3 is 2.31 bits per heavy atom.